The van der Waals surface area contributed by atoms with Gasteiger partial charge in [0.2, 0.25) is 0 Å². The Morgan fingerprint density at radius 3 is 2.27 bits per heavy atom. The number of hydrogen-bond acceptors (Lipinski definition) is 3. The summed E-state index contributed by atoms with van der Waals surface area (Å²) in [6.07, 6.45) is -2.98. The molecule has 30 heavy (non-hydrogen) atoms. The average molecular weight is 413 g/mol. The number of methoxy groups -OCH3 is 1. The van der Waals surface area contributed by atoms with Gasteiger partial charge in [-0.2, -0.15) is 13.2 Å². The maximum Gasteiger partial charge on any atom is 0.416 e. The summed E-state index contributed by atoms with van der Waals surface area (Å²) in [4.78, 5) is 2.96. The van der Waals surface area contributed by atoms with Crippen LogP contribution in [-0.2, 0) is 6.18 Å². The van der Waals surface area contributed by atoms with Gasteiger partial charge in [0.05, 0.1) is 12.7 Å². The van der Waals surface area contributed by atoms with Gasteiger partial charge in [-0.25, -0.2) is 0 Å². The van der Waals surface area contributed by atoms with E-state index in [9.17, 15) is 23.4 Å². The van der Waals surface area contributed by atoms with Crippen molar-refractivity contribution < 1.29 is 28.1 Å². The lowest BCUT2D eigenvalue weighted by Gasteiger charge is -2.25. The molecule has 4 nitrogen and oxygen atoms in total. The first-order valence-electron chi connectivity index (χ1n) is 9.14. The van der Waals surface area contributed by atoms with Gasteiger partial charge in [0.25, 0.3) is 0 Å². The van der Waals surface area contributed by atoms with Crippen LogP contribution >= 0.6 is 0 Å². The molecule has 3 N–H and O–H groups in total. The first-order valence-corrected chi connectivity index (χ1v) is 9.14. The molecule has 7 heteroatoms. The van der Waals surface area contributed by atoms with Gasteiger partial charge >= 0.3 is 6.18 Å². The number of nitrogens with one attached hydrogen (secondary N) is 1. The number of aromatic hydroxyl groups is 2. The van der Waals surface area contributed by atoms with Gasteiger partial charge in [-0.3, -0.25) is 0 Å². The van der Waals surface area contributed by atoms with Crippen molar-refractivity contribution in [2.45, 2.75) is 12.1 Å². The van der Waals surface area contributed by atoms with Crippen LogP contribution in [0.15, 0.2) is 66.9 Å². The number of para-hydroxylation sites is 1. The number of H-pyrrole nitrogens is 1. The molecule has 154 valence electrons. The lowest BCUT2D eigenvalue weighted by Crippen LogP contribution is -2.14. The highest BCUT2D eigenvalue weighted by Gasteiger charge is 2.37. The molecule has 0 fully saturated rings. The number of phenols is 2. The number of phenolic OH excluding ortho intramolecular Hbond substituents is 2. The molecule has 1 aromatic heterocycles. The van der Waals surface area contributed by atoms with Gasteiger partial charge < -0.3 is 19.9 Å². The van der Waals surface area contributed by atoms with E-state index in [0.717, 1.165) is 6.07 Å². The monoisotopic (exact) mass is 413 g/mol. The van der Waals surface area contributed by atoms with Gasteiger partial charge in [0.15, 0.2) is 11.5 Å². The van der Waals surface area contributed by atoms with E-state index >= 15 is 0 Å². The van der Waals surface area contributed by atoms with E-state index in [2.05, 4.69) is 4.98 Å². The van der Waals surface area contributed by atoms with E-state index in [1.54, 1.807) is 30.5 Å². The van der Waals surface area contributed by atoms with Crippen LogP contribution in [-0.4, -0.2) is 22.3 Å². The second kappa shape index (κ2) is 7.33. The van der Waals surface area contributed by atoms with Crippen molar-refractivity contribution in [3.8, 4) is 17.2 Å². The van der Waals surface area contributed by atoms with Crippen LogP contribution in [0.25, 0.3) is 10.9 Å². The van der Waals surface area contributed by atoms with Crippen molar-refractivity contribution in [2.24, 2.45) is 0 Å². The Bertz CT molecular complexity index is 1210. The molecule has 0 aliphatic rings. The fourth-order valence-electron chi connectivity index (χ4n) is 3.81. The van der Waals surface area contributed by atoms with Gasteiger partial charge in [-0.15, -0.1) is 0 Å². The molecule has 3 aromatic carbocycles. The maximum atomic E-state index is 13.8. The second-order valence-electron chi connectivity index (χ2n) is 6.86. The summed E-state index contributed by atoms with van der Waals surface area (Å²) in [5.74, 6) is -1.39. The molecule has 1 atom stereocenters. The van der Waals surface area contributed by atoms with Gasteiger partial charge in [0.1, 0.15) is 5.75 Å². The number of halogens is 3. The lowest BCUT2D eigenvalue weighted by molar-refractivity contribution is -0.138. The fourth-order valence-corrected chi connectivity index (χ4v) is 3.81. The number of aromatic amines is 1. The molecule has 4 aromatic rings. The minimum atomic E-state index is -4.61. The lowest BCUT2D eigenvalue weighted by atomic mass is 9.81. The van der Waals surface area contributed by atoms with E-state index in [0.29, 0.717) is 10.9 Å². The van der Waals surface area contributed by atoms with E-state index < -0.39 is 17.7 Å². The molecule has 0 aliphatic carbocycles. The molecule has 0 saturated carbocycles. The van der Waals surface area contributed by atoms with Crippen LogP contribution in [0.2, 0.25) is 0 Å². The molecule has 0 spiro atoms. The standard InChI is InChI=1S/C23H18F3NO3/c1-30-19-8-4-6-15(22(19)29)20(13-5-2-3-7-17(13)23(24,25)26)16-9-10-18-14(21(16)28)11-12-27-18/h2-12,20,27-29H,1H3/t20-/m0/s1. The smallest absolute Gasteiger partial charge is 0.416 e. The van der Waals surface area contributed by atoms with Gasteiger partial charge in [0, 0.05) is 34.1 Å². The Morgan fingerprint density at radius 1 is 0.833 bits per heavy atom. The molecule has 0 unspecified atom stereocenters. The van der Waals surface area contributed by atoms with Crippen molar-refractivity contribution in [1.82, 2.24) is 4.98 Å². The van der Waals surface area contributed by atoms with Crippen molar-refractivity contribution in [3.63, 3.8) is 0 Å². The van der Waals surface area contributed by atoms with Crippen LogP contribution < -0.4 is 4.74 Å². The second-order valence-corrected chi connectivity index (χ2v) is 6.86. The summed E-state index contributed by atoms with van der Waals surface area (Å²) < 4.78 is 46.7. The Hall–Kier alpha value is -3.61. The van der Waals surface area contributed by atoms with Crippen LogP contribution in [0.5, 0.6) is 17.2 Å². The van der Waals surface area contributed by atoms with E-state index in [-0.39, 0.29) is 33.9 Å². The van der Waals surface area contributed by atoms with Gasteiger partial charge in [-0.05, 0) is 29.8 Å². The maximum absolute atomic E-state index is 13.8. The average Bonchev–Trinajstić information content (AvgIpc) is 3.20. The van der Waals surface area contributed by atoms with Crippen LogP contribution in [0, 0.1) is 0 Å². The SMILES string of the molecule is COc1cccc([C@H](c2ccccc2C(F)(F)F)c2ccc3[nH]ccc3c2O)c1O. The zero-order valence-corrected chi connectivity index (χ0v) is 15.9. The van der Waals surface area contributed by atoms with E-state index in [4.69, 9.17) is 4.74 Å². The topological polar surface area (TPSA) is 65.5 Å². The highest BCUT2D eigenvalue weighted by atomic mass is 19.4. The minimum absolute atomic E-state index is 0.0845. The highest BCUT2D eigenvalue weighted by Crippen LogP contribution is 2.48. The van der Waals surface area contributed by atoms with Crippen molar-refractivity contribution in [2.75, 3.05) is 7.11 Å². The Morgan fingerprint density at radius 2 is 1.53 bits per heavy atom. The van der Waals surface area contributed by atoms with Crippen LogP contribution in [0.3, 0.4) is 0 Å². The van der Waals surface area contributed by atoms with Crippen molar-refractivity contribution in [1.29, 1.82) is 0 Å². The highest BCUT2D eigenvalue weighted by molar-refractivity contribution is 5.87. The molecule has 0 radical (unpaired) electrons. The molecule has 0 aliphatic heterocycles. The van der Waals surface area contributed by atoms with Gasteiger partial charge in [-0.1, -0.05) is 36.4 Å². The molecular formula is C23H18F3NO3. The molecule has 0 saturated heterocycles. The molecule has 4 rings (SSSR count). The Labute approximate surface area is 170 Å². The molecule has 1 heterocycles. The number of hydrogen-bond donors (Lipinski definition) is 3. The number of aromatic nitrogens is 1. The Kier molecular flexibility index (Phi) is 4.81. The van der Waals surface area contributed by atoms with E-state index in [1.807, 2.05) is 0 Å². The van der Waals surface area contributed by atoms with Crippen molar-refractivity contribution >= 4 is 10.9 Å². The summed E-state index contributed by atoms with van der Waals surface area (Å²) in [6, 6.07) is 14.7. The normalized spacial score (nSPS) is 12.8. The number of alkyl halides is 3. The number of benzene rings is 3. The molecule has 0 bridgehead atoms. The third kappa shape index (κ3) is 3.22. The van der Waals surface area contributed by atoms with Crippen LogP contribution in [0.1, 0.15) is 28.2 Å². The third-order valence-corrected chi connectivity index (χ3v) is 5.19. The zero-order chi connectivity index (χ0) is 21.5. The van der Waals surface area contributed by atoms with Crippen LogP contribution in [0.4, 0.5) is 13.2 Å². The summed E-state index contributed by atoms with van der Waals surface area (Å²) in [5.41, 5.74) is 0.150. The first-order chi connectivity index (χ1) is 14.3. The van der Waals surface area contributed by atoms with Crippen molar-refractivity contribution in [3.05, 3.63) is 89.1 Å². The number of rotatable bonds is 4. The van der Waals surface area contributed by atoms with E-state index in [1.165, 1.54) is 37.4 Å². The minimum Gasteiger partial charge on any atom is -0.507 e. The summed E-state index contributed by atoms with van der Waals surface area (Å²) in [6.45, 7) is 0. The third-order valence-electron chi connectivity index (χ3n) is 5.19. The predicted molar refractivity (Wildman–Crippen MR) is 107 cm³/mol. The number of ether oxygens (including phenoxy) is 1. The summed E-state index contributed by atoms with van der Waals surface area (Å²) >= 11 is 0. The fraction of sp³-hybridized carbons (Fsp3) is 0.130. The summed E-state index contributed by atoms with van der Waals surface area (Å²) in [5, 5.41) is 22.2. The number of fused-ring (bicyclic) bond motifs is 1. The zero-order valence-electron chi connectivity index (χ0n) is 15.9. The quantitative estimate of drug-likeness (QED) is 0.371. The molecular weight excluding hydrogens is 395 g/mol. The predicted octanol–water partition coefficient (Wildman–Crippen LogP) is 5.79. The Balaban J connectivity index is 2.06. The molecule has 0 amide bonds. The summed E-state index contributed by atoms with van der Waals surface area (Å²) in [7, 11) is 1.36. The first kappa shape index (κ1) is 19.7. The largest absolute Gasteiger partial charge is 0.507 e.